The average molecular weight is 208 g/mol. The molecule has 5 nitrogen and oxygen atoms in total. The van der Waals surface area contributed by atoms with Crippen molar-refractivity contribution in [1.82, 2.24) is 9.97 Å². The van der Waals surface area contributed by atoms with Gasteiger partial charge >= 0.3 is 12.0 Å². The molecule has 1 heterocycles. The largest absolute Gasteiger partial charge is 0.478 e. The van der Waals surface area contributed by atoms with Gasteiger partial charge in [-0.1, -0.05) is 0 Å². The summed E-state index contributed by atoms with van der Waals surface area (Å²) in [6.45, 7) is 1.64. The highest BCUT2D eigenvalue weighted by Crippen LogP contribution is 2.23. The lowest BCUT2D eigenvalue weighted by atomic mass is 9.96. The van der Waals surface area contributed by atoms with Gasteiger partial charge in [-0.2, -0.15) is 4.98 Å². The molecule has 1 fully saturated rings. The first-order valence-corrected chi connectivity index (χ1v) is 4.90. The number of nitrogens with zero attached hydrogens (tertiary/aromatic N) is 2. The Morgan fingerprint density at radius 3 is 2.80 bits per heavy atom. The smallest absolute Gasteiger partial charge is 0.339 e. The summed E-state index contributed by atoms with van der Waals surface area (Å²) in [5.41, 5.74) is 0.558. The van der Waals surface area contributed by atoms with Gasteiger partial charge in [0.1, 0.15) is 6.10 Å². The minimum absolute atomic E-state index is 0.121. The van der Waals surface area contributed by atoms with Crippen LogP contribution in [0.1, 0.15) is 35.3 Å². The number of aryl methyl sites for hydroxylation is 1. The van der Waals surface area contributed by atoms with Crippen LogP contribution < -0.4 is 4.74 Å². The van der Waals surface area contributed by atoms with Crippen LogP contribution in [-0.2, 0) is 0 Å². The molecule has 0 radical (unpaired) electrons. The number of carboxylic acid groups (broad SMARTS) is 1. The van der Waals surface area contributed by atoms with Gasteiger partial charge in [-0.05, 0) is 26.2 Å². The molecule has 1 N–H and O–H groups in total. The van der Waals surface area contributed by atoms with E-state index in [0.717, 1.165) is 12.8 Å². The second-order valence-electron chi connectivity index (χ2n) is 3.63. The highest BCUT2D eigenvalue weighted by atomic mass is 16.5. The summed E-state index contributed by atoms with van der Waals surface area (Å²) < 4.78 is 5.45. The lowest BCUT2D eigenvalue weighted by Gasteiger charge is -2.25. The van der Waals surface area contributed by atoms with Crippen molar-refractivity contribution in [3.8, 4) is 6.01 Å². The number of hydrogen-bond acceptors (Lipinski definition) is 4. The fourth-order valence-corrected chi connectivity index (χ4v) is 1.35. The summed E-state index contributed by atoms with van der Waals surface area (Å²) in [7, 11) is 0. The summed E-state index contributed by atoms with van der Waals surface area (Å²) in [6.07, 6.45) is 4.74. The highest BCUT2D eigenvalue weighted by molar-refractivity contribution is 5.88. The third-order valence-corrected chi connectivity index (χ3v) is 2.51. The Labute approximate surface area is 87.1 Å². The van der Waals surface area contributed by atoms with Gasteiger partial charge in [0.15, 0.2) is 0 Å². The predicted octanol–water partition coefficient (Wildman–Crippen LogP) is 1.41. The summed E-state index contributed by atoms with van der Waals surface area (Å²) in [6, 6.07) is 0.280. The highest BCUT2D eigenvalue weighted by Gasteiger charge is 2.20. The number of carbonyl (C=O) groups is 1. The zero-order valence-corrected chi connectivity index (χ0v) is 8.43. The molecule has 0 amide bonds. The van der Waals surface area contributed by atoms with E-state index in [0.29, 0.717) is 5.69 Å². The molecule has 5 heteroatoms. The Morgan fingerprint density at radius 2 is 2.33 bits per heavy atom. The van der Waals surface area contributed by atoms with E-state index >= 15 is 0 Å². The van der Waals surface area contributed by atoms with E-state index in [2.05, 4.69) is 9.97 Å². The van der Waals surface area contributed by atoms with E-state index in [1.807, 2.05) is 0 Å². The van der Waals surface area contributed by atoms with Gasteiger partial charge in [-0.25, -0.2) is 9.78 Å². The zero-order chi connectivity index (χ0) is 10.8. The molecule has 1 aliphatic carbocycles. The molecule has 0 saturated heterocycles. The van der Waals surface area contributed by atoms with Gasteiger partial charge < -0.3 is 9.84 Å². The fraction of sp³-hybridized carbons (Fsp3) is 0.500. The first kappa shape index (κ1) is 9.89. The summed E-state index contributed by atoms with van der Waals surface area (Å²) in [5.74, 6) is -1.01. The second kappa shape index (κ2) is 3.84. The molecule has 15 heavy (non-hydrogen) atoms. The van der Waals surface area contributed by atoms with Gasteiger partial charge in [0.05, 0.1) is 11.3 Å². The maximum Gasteiger partial charge on any atom is 0.339 e. The number of aromatic carboxylic acids is 1. The summed E-state index contributed by atoms with van der Waals surface area (Å²) in [5, 5.41) is 8.77. The van der Waals surface area contributed by atoms with Crippen molar-refractivity contribution < 1.29 is 14.6 Å². The maximum absolute atomic E-state index is 10.7. The summed E-state index contributed by atoms with van der Waals surface area (Å²) >= 11 is 0. The Bertz CT molecular complexity index is 388. The van der Waals surface area contributed by atoms with Gasteiger partial charge in [0.25, 0.3) is 0 Å². The fourth-order valence-electron chi connectivity index (χ4n) is 1.35. The molecule has 1 aromatic heterocycles. The van der Waals surface area contributed by atoms with Gasteiger partial charge in [0.2, 0.25) is 0 Å². The van der Waals surface area contributed by atoms with E-state index in [9.17, 15) is 4.79 Å². The molecule has 80 valence electrons. The van der Waals surface area contributed by atoms with E-state index in [1.165, 1.54) is 12.6 Å². The van der Waals surface area contributed by atoms with Crippen molar-refractivity contribution >= 4 is 5.97 Å². The lowest BCUT2D eigenvalue weighted by Crippen LogP contribution is -2.25. The molecule has 0 aliphatic heterocycles. The van der Waals surface area contributed by atoms with Crippen LogP contribution in [-0.4, -0.2) is 27.1 Å². The first-order chi connectivity index (χ1) is 7.16. The molecule has 1 saturated carbocycles. The third kappa shape index (κ3) is 2.06. The van der Waals surface area contributed by atoms with Gasteiger partial charge in [0, 0.05) is 6.20 Å². The number of rotatable bonds is 3. The molecule has 0 bridgehead atoms. The predicted molar refractivity (Wildman–Crippen MR) is 52.0 cm³/mol. The van der Waals surface area contributed by atoms with Crippen molar-refractivity contribution in [2.75, 3.05) is 0 Å². The van der Waals surface area contributed by atoms with E-state index in [1.54, 1.807) is 6.92 Å². The average Bonchev–Trinajstić information content (AvgIpc) is 2.11. The number of hydrogen-bond donors (Lipinski definition) is 1. The number of aromatic nitrogens is 2. The second-order valence-corrected chi connectivity index (χ2v) is 3.63. The van der Waals surface area contributed by atoms with Crippen LogP contribution >= 0.6 is 0 Å². The van der Waals surface area contributed by atoms with Crippen LogP contribution in [0.4, 0.5) is 0 Å². The molecular weight excluding hydrogens is 196 g/mol. The van der Waals surface area contributed by atoms with Crippen LogP contribution in [0, 0.1) is 6.92 Å². The van der Waals surface area contributed by atoms with Crippen LogP contribution in [0.3, 0.4) is 0 Å². The summed E-state index contributed by atoms with van der Waals surface area (Å²) in [4.78, 5) is 18.6. The Hall–Kier alpha value is -1.65. The quantitative estimate of drug-likeness (QED) is 0.813. The third-order valence-electron chi connectivity index (χ3n) is 2.51. The molecule has 0 aromatic carbocycles. The van der Waals surface area contributed by atoms with Crippen LogP contribution in [0.5, 0.6) is 6.01 Å². The maximum atomic E-state index is 10.7. The molecule has 0 atom stereocenters. The zero-order valence-electron chi connectivity index (χ0n) is 8.43. The van der Waals surface area contributed by atoms with Crippen molar-refractivity contribution in [1.29, 1.82) is 0 Å². The first-order valence-electron chi connectivity index (χ1n) is 4.90. The van der Waals surface area contributed by atoms with Crippen molar-refractivity contribution in [2.45, 2.75) is 32.3 Å². The van der Waals surface area contributed by atoms with Gasteiger partial charge in [-0.15, -0.1) is 0 Å². The molecule has 1 aliphatic rings. The van der Waals surface area contributed by atoms with Crippen LogP contribution in [0.15, 0.2) is 6.20 Å². The monoisotopic (exact) mass is 208 g/mol. The van der Waals surface area contributed by atoms with Gasteiger partial charge in [-0.3, -0.25) is 0 Å². The molecule has 0 unspecified atom stereocenters. The SMILES string of the molecule is Cc1nc(OC2CCC2)ncc1C(=O)O. The van der Waals surface area contributed by atoms with E-state index in [4.69, 9.17) is 9.84 Å². The normalized spacial score (nSPS) is 15.8. The molecule has 2 rings (SSSR count). The molecule has 0 spiro atoms. The lowest BCUT2D eigenvalue weighted by molar-refractivity contribution is 0.0694. The van der Waals surface area contributed by atoms with E-state index in [-0.39, 0.29) is 17.7 Å². The molecular formula is C10H12N2O3. The minimum atomic E-state index is -1.01. The Morgan fingerprint density at radius 1 is 1.60 bits per heavy atom. The Balaban J connectivity index is 2.13. The number of carboxylic acids is 1. The van der Waals surface area contributed by atoms with Crippen molar-refractivity contribution in [3.63, 3.8) is 0 Å². The topological polar surface area (TPSA) is 72.3 Å². The standard InChI is InChI=1S/C10H12N2O3/c1-6-8(9(13)14)5-11-10(12-6)15-7-3-2-4-7/h5,7H,2-4H2,1H3,(H,13,14). The minimum Gasteiger partial charge on any atom is -0.478 e. The van der Waals surface area contributed by atoms with Crippen LogP contribution in [0.2, 0.25) is 0 Å². The van der Waals surface area contributed by atoms with Crippen LogP contribution in [0.25, 0.3) is 0 Å². The Kier molecular flexibility index (Phi) is 2.53. The number of ether oxygens (including phenoxy) is 1. The van der Waals surface area contributed by atoms with Crippen molar-refractivity contribution in [2.24, 2.45) is 0 Å². The van der Waals surface area contributed by atoms with E-state index < -0.39 is 5.97 Å². The molecule has 1 aromatic rings. The van der Waals surface area contributed by atoms with Crippen molar-refractivity contribution in [3.05, 3.63) is 17.5 Å².